The van der Waals surface area contributed by atoms with E-state index < -0.39 is 17.9 Å². The van der Waals surface area contributed by atoms with E-state index in [2.05, 4.69) is 11.1 Å². The molecule has 0 aliphatic carbocycles. The average molecular weight is 208 g/mol. The molecule has 14 heavy (non-hydrogen) atoms. The van der Waals surface area contributed by atoms with Gasteiger partial charge in [-0.25, -0.2) is 0 Å². The molecule has 0 fully saturated rings. The third-order valence-electron chi connectivity index (χ3n) is 0.727. The molecule has 0 atom stereocenters. The molecule has 0 rings (SSSR count). The highest BCUT2D eigenvalue weighted by Gasteiger charge is 1.97. The molecular formula is C6H12N2O6. The van der Waals surface area contributed by atoms with Crippen molar-refractivity contribution in [1.29, 1.82) is 0 Å². The number of carbonyl (C=O) groups is 3. The quantitative estimate of drug-likeness (QED) is 0.340. The lowest BCUT2D eigenvalue weighted by atomic mass is 10.6. The Balaban J connectivity index is 0. The minimum Gasteiger partial charge on any atom is -0.480 e. The fourth-order valence-corrected chi connectivity index (χ4v) is 0.276. The van der Waals surface area contributed by atoms with Gasteiger partial charge in [0.1, 0.15) is 0 Å². The number of carboxylic acid groups (broad SMARTS) is 3. The van der Waals surface area contributed by atoms with Gasteiger partial charge in [0.2, 0.25) is 0 Å². The van der Waals surface area contributed by atoms with E-state index >= 15 is 0 Å². The number of rotatable bonds is 5. The summed E-state index contributed by atoms with van der Waals surface area (Å²) in [5, 5.41) is 25.7. The van der Waals surface area contributed by atoms with Gasteiger partial charge in [-0.05, 0) is 0 Å². The van der Waals surface area contributed by atoms with Crippen LogP contribution in [0.2, 0.25) is 0 Å². The van der Waals surface area contributed by atoms with Crippen LogP contribution < -0.4 is 11.1 Å². The fourth-order valence-electron chi connectivity index (χ4n) is 0.276. The minimum absolute atomic E-state index is 0.278. The predicted octanol–water partition coefficient (Wildman–Crippen LogP) is -2.23. The molecule has 0 amide bonds. The van der Waals surface area contributed by atoms with Crippen molar-refractivity contribution in [3.63, 3.8) is 0 Å². The average Bonchev–Trinajstić information content (AvgIpc) is 2.04. The first-order valence-electron chi connectivity index (χ1n) is 3.46. The van der Waals surface area contributed by atoms with Gasteiger partial charge in [-0.15, -0.1) is 0 Å². The lowest BCUT2D eigenvalue weighted by Crippen LogP contribution is -2.27. The van der Waals surface area contributed by atoms with Gasteiger partial charge < -0.3 is 21.1 Å². The van der Waals surface area contributed by atoms with Crippen molar-refractivity contribution in [1.82, 2.24) is 5.32 Å². The van der Waals surface area contributed by atoms with E-state index in [1.807, 2.05) is 0 Å². The van der Waals surface area contributed by atoms with E-state index in [1.165, 1.54) is 0 Å². The maximum absolute atomic E-state index is 9.73. The molecule has 0 aromatic rings. The molecule has 8 nitrogen and oxygen atoms in total. The van der Waals surface area contributed by atoms with Crippen LogP contribution in [0.15, 0.2) is 0 Å². The van der Waals surface area contributed by atoms with E-state index in [1.54, 1.807) is 0 Å². The molecule has 0 aliphatic heterocycles. The van der Waals surface area contributed by atoms with Crippen molar-refractivity contribution in [2.45, 2.75) is 0 Å². The highest BCUT2D eigenvalue weighted by molar-refractivity contribution is 5.72. The van der Waals surface area contributed by atoms with Crippen LogP contribution in [0.5, 0.6) is 0 Å². The Bertz CT molecular complexity index is 190. The maximum atomic E-state index is 9.73. The minimum atomic E-state index is -1.06. The first-order valence-corrected chi connectivity index (χ1v) is 3.46. The second-order valence-corrected chi connectivity index (χ2v) is 1.99. The third kappa shape index (κ3) is 22.4. The molecule has 82 valence electrons. The number of carboxylic acids is 3. The Labute approximate surface area is 79.3 Å². The zero-order valence-corrected chi connectivity index (χ0v) is 7.27. The molecule has 0 saturated heterocycles. The zero-order valence-electron chi connectivity index (χ0n) is 7.27. The van der Waals surface area contributed by atoms with Crippen molar-refractivity contribution in [2.75, 3.05) is 19.6 Å². The molecule has 0 spiro atoms. The van der Waals surface area contributed by atoms with Gasteiger partial charge in [-0.1, -0.05) is 0 Å². The lowest BCUT2D eigenvalue weighted by molar-refractivity contribution is -0.138. The van der Waals surface area contributed by atoms with Crippen molar-refractivity contribution in [2.24, 2.45) is 5.73 Å². The first-order chi connectivity index (χ1) is 6.40. The van der Waals surface area contributed by atoms with Crippen molar-refractivity contribution in [3.05, 3.63) is 0 Å². The predicted molar refractivity (Wildman–Crippen MR) is 44.8 cm³/mol. The summed E-state index contributed by atoms with van der Waals surface area (Å²) in [4.78, 5) is 28.7. The van der Waals surface area contributed by atoms with Crippen molar-refractivity contribution < 1.29 is 29.7 Å². The second kappa shape index (κ2) is 9.42. The van der Waals surface area contributed by atoms with Crippen LogP contribution in [0.3, 0.4) is 0 Å². The van der Waals surface area contributed by atoms with Crippen molar-refractivity contribution in [3.8, 4) is 0 Å². The molecule has 0 heterocycles. The monoisotopic (exact) mass is 208 g/mol. The van der Waals surface area contributed by atoms with Gasteiger partial charge in [0.15, 0.2) is 0 Å². The van der Waals surface area contributed by atoms with E-state index in [0.29, 0.717) is 0 Å². The summed E-state index contributed by atoms with van der Waals surface area (Å²) in [6, 6.07) is 0. The molecule has 0 saturated carbocycles. The highest BCUT2D eigenvalue weighted by Crippen LogP contribution is 1.61. The summed E-state index contributed by atoms with van der Waals surface area (Å²) in [7, 11) is 0. The van der Waals surface area contributed by atoms with Gasteiger partial charge in [-0.3, -0.25) is 19.7 Å². The van der Waals surface area contributed by atoms with Gasteiger partial charge in [0, 0.05) is 0 Å². The van der Waals surface area contributed by atoms with Crippen LogP contribution >= 0.6 is 0 Å². The summed E-state index contributed by atoms with van der Waals surface area (Å²) in [6.07, 6.45) is 0. The summed E-state index contributed by atoms with van der Waals surface area (Å²) in [5.74, 6) is -3.09. The van der Waals surface area contributed by atoms with Gasteiger partial charge in [0.25, 0.3) is 0 Å². The van der Waals surface area contributed by atoms with E-state index in [-0.39, 0.29) is 19.6 Å². The lowest BCUT2D eigenvalue weighted by Gasteiger charge is -1.93. The molecule has 0 unspecified atom stereocenters. The Morgan fingerprint density at radius 2 is 1.21 bits per heavy atom. The Kier molecular flexibility index (Phi) is 9.98. The molecule has 0 aromatic heterocycles. The van der Waals surface area contributed by atoms with E-state index in [9.17, 15) is 14.4 Å². The van der Waals surface area contributed by atoms with E-state index in [0.717, 1.165) is 0 Å². The molecule has 0 aliphatic rings. The Morgan fingerprint density at radius 3 is 1.36 bits per heavy atom. The molecule has 0 bridgehead atoms. The van der Waals surface area contributed by atoms with Crippen LogP contribution in [-0.4, -0.2) is 52.9 Å². The summed E-state index contributed by atoms with van der Waals surface area (Å²) in [6.45, 7) is -0.904. The van der Waals surface area contributed by atoms with Crippen LogP contribution in [0.25, 0.3) is 0 Å². The normalized spacial score (nSPS) is 8.36. The largest absolute Gasteiger partial charge is 0.480 e. The standard InChI is InChI=1S/C4H7NO4.C2H5NO2/c6-3(7)1-5-2-4(8)9;3-1-2(4)5/h5H,1-2H2,(H,6,7)(H,8,9);1,3H2,(H,4,5). The third-order valence-corrected chi connectivity index (χ3v) is 0.727. The number of aliphatic carboxylic acids is 3. The summed E-state index contributed by atoms with van der Waals surface area (Å²) in [5.41, 5.74) is 4.57. The first kappa shape index (κ1) is 14.8. The molecular weight excluding hydrogens is 196 g/mol. The van der Waals surface area contributed by atoms with Gasteiger partial charge in [0.05, 0.1) is 19.6 Å². The number of nitrogens with one attached hydrogen (secondary N) is 1. The molecule has 0 aromatic carbocycles. The SMILES string of the molecule is NCC(=O)O.O=C(O)CNCC(=O)O. The topological polar surface area (TPSA) is 150 Å². The maximum Gasteiger partial charge on any atom is 0.317 e. The van der Waals surface area contributed by atoms with Gasteiger partial charge >= 0.3 is 17.9 Å². The Hall–Kier alpha value is -1.67. The summed E-state index contributed by atoms with van der Waals surface area (Å²) >= 11 is 0. The van der Waals surface area contributed by atoms with Crippen LogP contribution in [0.4, 0.5) is 0 Å². The van der Waals surface area contributed by atoms with Crippen molar-refractivity contribution >= 4 is 17.9 Å². The zero-order chi connectivity index (χ0) is 11.6. The number of nitrogens with two attached hydrogens (primary N) is 1. The van der Waals surface area contributed by atoms with E-state index in [4.69, 9.17) is 15.3 Å². The molecule has 6 N–H and O–H groups in total. The number of hydrogen-bond donors (Lipinski definition) is 5. The fraction of sp³-hybridized carbons (Fsp3) is 0.500. The molecule has 0 radical (unpaired) electrons. The number of hydrogen-bond acceptors (Lipinski definition) is 5. The smallest absolute Gasteiger partial charge is 0.317 e. The Morgan fingerprint density at radius 1 is 0.929 bits per heavy atom. The van der Waals surface area contributed by atoms with Crippen LogP contribution in [0, 0.1) is 0 Å². The second-order valence-electron chi connectivity index (χ2n) is 1.99. The highest BCUT2D eigenvalue weighted by atomic mass is 16.4. The van der Waals surface area contributed by atoms with Crippen LogP contribution in [0.1, 0.15) is 0 Å². The molecule has 8 heteroatoms. The summed E-state index contributed by atoms with van der Waals surface area (Å²) < 4.78 is 0. The van der Waals surface area contributed by atoms with Crippen LogP contribution in [-0.2, 0) is 14.4 Å². The van der Waals surface area contributed by atoms with Gasteiger partial charge in [-0.2, -0.15) is 0 Å².